The lowest BCUT2D eigenvalue weighted by atomic mass is 10.1. The van der Waals surface area contributed by atoms with Gasteiger partial charge in [-0.3, -0.25) is 9.52 Å². The normalized spacial score (nSPS) is 11.3. The van der Waals surface area contributed by atoms with Gasteiger partial charge in [0.25, 0.3) is 15.6 Å². The number of rotatable bonds is 5. The van der Waals surface area contributed by atoms with E-state index in [-0.39, 0.29) is 16.5 Å². The van der Waals surface area contributed by atoms with Gasteiger partial charge in [-0.1, -0.05) is 23.7 Å². The van der Waals surface area contributed by atoms with Crippen LogP contribution in [0.5, 0.6) is 0 Å². The Bertz CT molecular complexity index is 785. The number of hydrogen-bond acceptors (Lipinski definition) is 4. The van der Waals surface area contributed by atoms with Gasteiger partial charge in [-0.2, -0.15) is 0 Å². The molecule has 1 heterocycles. The van der Waals surface area contributed by atoms with Crippen molar-refractivity contribution < 1.29 is 13.5 Å². The van der Waals surface area contributed by atoms with Crippen molar-refractivity contribution in [2.75, 3.05) is 11.3 Å². The van der Waals surface area contributed by atoms with Crippen molar-refractivity contribution in [2.45, 2.75) is 11.3 Å². The molecule has 2 rings (SSSR count). The first kappa shape index (κ1) is 15.6. The van der Waals surface area contributed by atoms with Crippen molar-refractivity contribution in [3.63, 3.8) is 0 Å². The molecule has 0 amide bonds. The molecule has 0 radical (unpaired) electrons. The van der Waals surface area contributed by atoms with Gasteiger partial charge in [0.2, 0.25) is 0 Å². The van der Waals surface area contributed by atoms with Crippen LogP contribution in [0.4, 0.5) is 5.69 Å². The molecule has 0 fully saturated rings. The molecule has 0 aliphatic rings. The molecule has 3 N–H and O–H groups in total. The van der Waals surface area contributed by atoms with E-state index in [2.05, 4.69) is 9.71 Å². The number of nitrogens with one attached hydrogen (secondary N) is 2. The van der Waals surface area contributed by atoms with E-state index in [1.807, 2.05) is 0 Å². The van der Waals surface area contributed by atoms with Crippen LogP contribution in [0, 0.1) is 0 Å². The lowest BCUT2D eigenvalue weighted by molar-refractivity contribution is 0.299. The average molecular weight is 329 g/mol. The predicted molar refractivity (Wildman–Crippen MR) is 80.1 cm³/mol. The van der Waals surface area contributed by atoms with Gasteiger partial charge in [-0.15, -0.1) is 0 Å². The zero-order chi connectivity index (χ0) is 15.5. The summed E-state index contributed by atoms with van der Waals surface area (Å²) >= 11 is 5.62. The highest BCUT2D eigenvalue weighted by Gasteiger charge is 2.15. The molecule has 0 unspecified atom stereocenters. The van der Waals surface area contributed by atoms with Crippen molar-refractivity contribution in [3.05, 3.63) is 57.5 Å². The summed E-state index contributed by atoms with van der Waals surface area (Å²) in [5, 5.41) is 8.62. The van der Waals surface area contributed by atoms with Crippen LogP contribution in [-0.4, -0.2) is 25.1 Å². The molecule has 6 nitrogen and oxygen atoms in total. The summed E-state index contributed by atoms with van der Waals surface area (Å²) in [6.07, 6.45) is 1.58. The monoisotopic (exact) mass is 328 g/mol. The van der Waals surface area contributed by atoms with E-state index in [4.69, 9.17) is 16.7 Å². The largest absolute Gasteiger partial charge is 0.396 e. The van der Waals surface area contributed by atoms with Gasteiger partial charge in [0, 0.05) is 18.5 Å². The van der Waals surface area contributed by atoms with Crippen molar-refractivity contribution in [1.29, 1.82) is 0 Å². The molecule has 0 bridgehead atoms. The van der Waals surface area contributed by atoms with Crippen LogP contribution in [0.15, 0.2) is 46.2 Å². The lowest BCUT2D eigenvalue weighted by Crippen LogP contribution is -2.16. The number of anilines is 1. The van der Waals surface area contributed by atoms with Gasteiger partial charge in [-0.05, 0) is 30.2 Å². The van der Waals surface area contributed by atoms with E-state index >= 15 is 0 Å². The quantitative estimate of drug-likeness (QED) is 0.771. The second kappa shape index (κ2) is 6.30. The summed E-state index contributed by atoms with van der Waals surface area (Å²) in [5.74, 6) is 0. The first-order valence-corrected chi connectivity index (χ1v) is 7.89. The van der Waals surface area contributed by atoms with Crippen molar-refractivity contribution in [3.8, 4) is 0 Å². The maximum absolute atomic E-state index is 12.1. The standard InChI is InChI=1S/C13H13ClN2O4S/c14-12-7-11(8-15-13(12)18)21(19,20)16-10-3-1-9(2-4-10)5-6-17/h1-4,7-8,16-17H,5-6H2,(H,15,18). The smallest absolute Gasteiger partial charge is 0.266 e. The number of pyridine rings is 1. The van der Waals surface area contributed by atoms with Crippen molar-refractivity contribution >= 4 is 27.3 Å². The van der Waals surface area contributed by atoms with Crippen molar-refractivity contribution in [2.24, 2.45) is 0 Å². The number of aliphatic hydroxyl groups excluding tert-OH is 1. The Kier molecular flexibility index (Phi) is 4.66. The minimum atomic E-state index is -3.83. The van der Waals surface area contributed by atoms with E-state index in [0.717, 1.165) is 17.8 Å². The first-order valence-electron chi connectivity index (χ1n) is 6.03. The van der Waals surface area contributed by atoms with E-state index < -0.39 is 15.6 Å². The third kappa shape index (κ3) is 3.84. The highest BCUT2D eigenvalue weighted by Crippen LogP contribution is 2.17. The number of H-pyrrole nitrogens is 1. The van der Waals surface area contributed by atoms with Gasteiger partial charge in [0.15, 0.2) is 0 Å². The van der Waals surface area contributed by atoms with Crippen LogP contribution in [0.2, 0.25) is 5.02 Å². The Morgan fingerprint density at radius 2 is 1.90 bits per heavy atom. The maximum Gasteiger partial charge on any atom is 0.266 e. The molecule has 0 saturated carbocycles. The Morgan fingerprint density at radius 3 is 2.48 bits per heavy atom. The third-order valence-corrected chi connectivity index (χ3v) is 4.39. The molecular formula is C13H13ClN2O4S. The fraction of sp³-hybridized carbons (Fsp3) is 0.154. The number of benzene rings is 1. The number of aliphatic hydroxyl groups is 1. The summed E-state index contributed by atoms with van der Waals surface area (Å²) in [6.45, 7) is 0.0287. The van der Waals surface area contributed by atoms with Gasteiger partial charge in [0.1, 0.15) is 9.92 Å². The summed E-state index contributed by atoms with van der Waals surface area (Å²) < 4.78 is 26.7. The molecule has 0 aliphatic carbocycles. The number of aromatic amines is 1. The second-order valence-electron chi connectivity index (χ2n) is 4.29. The summed E-state index contributed by atoms with van der Waals surface area (Å²) in [6, 6.07) is 7.70. The number of sulfonamides is 1. The summed E-state index contributed by atoms with van der Waals surface area (Å²) in [7, 11) is -3.83. The van der Waals surface area contributed by atoms with Crippen molar-refractivity contribution in [1.82, 2.24) is 4.98 Å². The second-order valence-corrected chi connectivity index (χ2v) is 6.38. The molecule has 0 saturated heterocycles. The van der Waals surface area contributed by atoms with E-state index in [9.17, 15) is 13.2 Å². The average Bonchev–Trinajstić information content (AvgIpc) is 2.44. The topological polar surface area (TPSA) is 99.3 Å². The zero-order valence-corrected chi connectivity index (χ0v) is 12.4. The van der Waals surface area contributed by atoms with Crippen LogP contribution < -0.4 is 10.3 Å². The zero-order valence-electron chi connectivity index (χ0n) is 10.8. The molecule has 0 atom stereocenters. The van der Waals surface area contributed by atoms with Crippen LogP contribution in [0.3, 0.4) is 0 Å². The molecular weight excluding hydrogens is 316 g/mol. The third-order valence-electron chi connectivity index (χ3n) is 2.75. The summed E-state index contributed by atoms with van der Waals surface area (Å²) in [4.78, 5) is 13.3. The van der Waals surface area contributed by atoms with Gasteiger partial charge in [0.05, 0.1) is 0 Å². The fourth-order valence-electron chi connectivity index (χ4n) is 1.68. The van der Waals surface area contributed by atoms with E-state index in [1.54, 1.807) is 24.3 Å². The Morgan fingerprint density at radius 1 is 1.24 bits per heavy atom. The van der Waals surface area contributed by atoms with Gasteiger partial charge < -0.3 is 10.1 Å². The predicted octanol–water partition coefficient (Wildman–Crippen LogP) is 1.36. The molecule has 1 aromatic carbocycles. The van der Waals surface area contributed by atoms with E-state index in [0.29, 0.717) is 12.1 Å². The van der Waals surface area contributed by atoms with Crippen LogP contribution in [0.1, 0.15) is 5.56 Å². The number of hydrogen-bond donors (Lipinski definition) is 3. The van der Waals surface area contributed by atoms with Crippen LogP contribution in [-0.2, 0) is 16.4 Å². The molecule has 21 heavy (non-hydrogen) atoms. The van der Waals surface area contributed by atoms with Crippen LogP contribution in [0.25, 0.3) is 0 Å². The minimum Gasteiger partial charge on any atom is -0.396 e. The first-order chi connectivity index (χ1) is 9.92. The number of aromatic nitrogens is 1. The van der Waals surface area contributed by atoms with Gasteiger partial charge >= 0.3 is 0 Å². The fourth-order valence-corrected chi connectivity index (χ4v) is 2.96. The Labute approximate surface area is 126 Å². The highest BCUT2D eigenvalue weighted by molar-refractivity contribution is 7.92. The molecule has 8 heteroatoms. The molecule has 1 aromatic heterocycles. The lowest BCUT2D eigenvalue weighted by Gasteiger charge is -2.08. The Hall–Kier alpha value is -1.83. The van der Waals surface area contributed by atoms with Crippen LogP contribution >= 0.6 is 11.6 Å². The SMILES string of the molecule is O=c1[nH]cc(S(=O)(=O)Nc2ccc(CCO)cc2)cc1Cl. The number of halogens is 1. The van der Waals surface area contributed by atoms with Gasteiger partial charge in [-0.25, -0.2) is 8.42 Å². The molecule has 0 aliphatic heterocycles. The Balaban J connectivity index is 2.24. The minimum absolute atomic E-state index is 0.0287. The molecule has 112 valence electrons. The summed E-state index contributed by atoms with van der Waals surface area (Å²) in [5.41, 5.74) is 0.718. The highest BCUT2D eigenvalue weighted by atomic mass is 35.5. The molecule has 2 aromatic rings. The molecule has 0 spiro atoms. The maximum atomic E-state index is 12.1. The van der Waals surface area contributed by atoms with E-state index in [1.165, 1.54) is 0 Å².